The van der Waals surface area contributed by atoms with Crippen LogP contribution in [0.5, 0.6) is 0 Å². The Morgan fingerprint density at radius 1 is 0.657 bits per heavy atom. The van der Waals surface area contributed by atoms with Gasteiger partial charge in [-0.2, -0.15) is 0 Å². The lowest BCUT2D eigenvalue weighted by Crippen LogP contribution is -1.96. The molecule has 4 nitrogen and oxygen atoms in total. The molecule has 9 rings (SSSR count). The summed E-state index contributed by atoms with van der Waals surface area (Å²) in [6.07, 6.45) is 7.53. The Labute approximate surface area is 200 Å². The lowest BCUT2D eigenvalue weighted by atomic mass is 9.96. The quantitative estimate of drug-likeness (QED) is 0.243. The largest absolute Gasteiger partial charge is 0.290 e. The van der Waals surface area contributed by atoms with Crippen molar-refractivity contribution in [3.63, 3.8) is 0 Å². The molecular weight excluding hydrogens is 428 g/mol. The second kappa shape index (κ2) is 6.10. The van der Waals surface area contributed by atoms with Gasteiger partial charge in [-0.15, -0.1) is 0 Å². The zero-order valence-corrected chi connectivity index (χ0v) is 18.8. The second-order valence-corrected chi connectivity index (χ2v) is 9.65. The van der Waals surface area contributed by atoms with Crippen LogP contribution in [0.15, 0.2) is 85.3 Å². The summed E-state index contributed by atoms with van der Waals surface area (Å²) in [5.74, 6) is 0. The summed E-state index contributed by atoms with van der Waals surface area (Å²) in [5, 5.41) is 2.38. The van der Waals surface area contributed by atoms with Gasteiger partial charge in [0.2, 0.25) is 0 Å². The molecule has 0 saturated heterocycles. The van der Waals surface area contributed by atoms with Crippen molar-refractivity contribution in [2.24, 2.45) is 0 Å². The van der Waals surface area contributed by atoms with Crippen LogP contribution in [0, 0.1) is 0 Å². The smallest absolute Gasteiger partial charge is 0.146 e. The molecule has 162 valence electrons. The molecule has 4 aromatic heterocycles. The summed E-state index contributed by atoms with van der Waals surface area (Å²) in [6.45, 7) is 0. The minimum absolute atomic E-state index is 0.912. The van der Waals surface area contributed by atoms with E-state index in [4.69, 9.17) is 9.97 Å². The summed E-state index contributed by atoms with van der Waals surface area (Å²) >= 11 is 0. The molecule has 0 atom stereocenters. The molecule has 0 unspecified atom stereocenters. The summed E-state index contributed by atoms with van der Waals surface area (Å²) in [6, 6.07) is 24.2. The average Bonchev–Trinajstić information content (AvgIpc) is 3.59. The molecule has 2 aliphatic rings. The molecule has 4 heteroatoms. The maximum absolute atomic E-state index is 5.11. The molecule has 0 spiro atoms. The normalized spacial score (nSPS) is 13.5. The highest BCUT2D eigenvalue weighted by molar-refractivity contribution is 6.15. The van der Waals surface area contributed by atoms with Gasteiger partial charge < -0.3 is 0 Å². The van der Waals surface area contributed by atoms with E-state index in [9.17, 15) is 0 Å². The van der Waals surface area contributed by atoms with Crippen molar-refractivity contribution < 1.29 is 0 Å². The standard InChI is InChI=1S/C31H18N4/c1-2-5-18-17(4-1)14-23-19(18)7-8-20-21-9-10-22-29(25(21)15-24(20)23)31-34-26-16-32-13-11-27(26)35(31)28-6-3-12-33-30(22)28/h1-13,16H,14-15H2. The monoisotopic (exact) mass is 446 g/mol. The van der Waals surface area contributed by atoms with Crippen molar-refractivity contribution in [3.05, 3.63) is 108 Å². The van der Waals surface area contributed by atoms with Gasteiger partial charge >= 0.3 is 0 Å². The molecule has 35 heavy (non-hydrogen) atoms. The van der Waals surface area contributed by atoms with E-state index < -0.39 is 0 Å². The topological polar surface area (TPSA) is 43.1 Å². The van der Waals surface area contributed by atoms with Crippen LogP contribution in [0.1, 0.15) is 22.3 Å². The van der Waals surface area contributed by atoms with Crippen LogP contribution in [0.2, 0.25) is 0 Å². The first-order valence-corrected chi connectivity index (χ1v) is 12.0. The number of benzene rings is 3. The van der Waals surface area contributed by atoms with E-state index in [2.05, 4.69) is 70.0 Å². The van der Waals surface area contributed by atoms with Gasteiger partial charge in [0, 0.05) is 23.2 Å². The molecule has 2 aliphatic carbocycles. The van der Waals surface area contributed by atoms with Gasteiger partial charge in [-0.1, -0.05) is 48.5 Å². The molecule has 0 bridgehead atoms. The van der Waals surface area contributed by atoms with Crippen molar-refractivity contribution in [2.45, 2.75) is 12.8 Å². The Hall–Kier alpha value is -4.57. The fourth-order valence-electron chi connectivity index (χ4n) is 6.57. The highest BCUT2D eigenvalue weighted by atomic mass is 15.0. The van der Waals surface area contributed by atoms with Crippen LogP contribution < -0.4 is 0 Å². The van der Waals surface area contributed by atoms with Gasteiger partial charge in [-0.3, -0.25) is 14.4 Å². The Morgan fingerprint density at radius 3 is 2.46 bits per heavy atom. The first-order chi connectivity index (χ1) is 17.4. The minimum atomic E-state index is 0.912. The zero-order chi connectivity index (χ0) is 22.7. The lowest BCUT2D eigenvalue weighted by molar-refractivity contribution is 1.17. The van der Waals surface area contributed by atoms with E-state index in [0.29, 0.717) is 0 Å². The number of fused-ring (bicyclic) bond motifs is 16. The van der Waals surface area contributed by atoms with Crippen LogP contribution in [-0.2, 0) is 12.8 Å². The number of pyridine rings is 3. The summed E-state index contributed by atoms with van der Waals surface area (Å²) in [5.41, 5.74) is 16.3. The van der Waals surface area contributed by atoms with Gasteiger partial charge in [0.15, 0.2) is 0 Å². The van der Waals surface area contributed by atoms with Crippen molar-refractivity contribution in [3.8, 4) is 22.3 Å². The number of aromatic nitrogens is 4. The molecular formula is C31H18N4. The Bertz CT molecular complexity index is 2070. The van der Waals surface area contributed by atoms with Crippen LogP contribution in [0.3, 0.4) is 0 Å². The average molecular weight is 447 g/mol. The predicted molar refractivity (Wildman–Crippen MR) is 140 cm³/mol. The molecule has 4 heterocycles. The molecule has 0 N–H and O–H groups in total. The number of nitrogens with zero attached hydrogens (tertiary/aromatic N) is 4. The predicted octanol–water partition coefficient (Wildman–Crippen LogP) is 6.73. The number of hydrogen-bond donors (Lipinski definition) is 0. The van der Waals surface area contributed by atoms with Crippen molar-refractivity contribution in [1.82, 2.24) is 19.4 Å². The molecule has 3 aromatic carbocycles. The van der Waals surface area contributed by atoms with E-state index >= 15 is 0 Å². The molecule has 0 aliphatic heterocycles. The van der Waals surface area contributed by atoms with E-state index in [-0.39, 0.29) is 0 Å². The van der Waals surface area contributed by atoms with Crippen LogP contribution in [0.25, 0.3) is 60.7 Å². The third-order valence-electron chi connectivity index (χ3n) is 8.03. The SMILES string of the molecule is c1ccc2c(c1)Cc1c-2ccc2c1Cc1c-2ccc2c3ncccc3n3c4ccncc4nc3c12. The van der Waals surface area contributed by atoms with Crippen molar-refractivity contribution in [2.75, 3.05) is 0 Å². The fourth-order valence-corrected chi connectivity index (χ4v) is 6.57. The first kappa shape index (κ1) is 17.8. The van der Waals surface area contributed by atoms with Crippen LogP contribution in [-0.4, -0.2) is 19.4 Å². The third kappa shape index (κ3) is 2.11. The van der Waals surface area contributed by atoms with Crippen LogP contribution >= 0.6 is 0 Å². The molecule has 0 fully saturated rings. The first-order valence-electron chi connectivity index (χ1n) is 12.0. The lowest BCUT2D eigenvalue weighted by Gasteiger charge is -2.11. The van der Waals surface area contributed by atoms with Crippen LogP contribution in [0.4, 0.5) is 0 Å². The summed E-state index contributed by atoms with van der Waals surface area (Å²) in [4.78, 5) is 14.3. The number of hydrogen-bond acceptors (Lipinski definition) is 3. The molecule has 7 aromatic rings. The number of rotatable bonds is 0. The van der Waals surface area contributed by atoms with E-state index in [0.717, 1.165) is 40.6 Å². The second-order valence-electron chi connectivity index (χ2n) is 9.65. The Balaban J connectivity index is 1.41. The van der Waals surface area contributed by atoms with Gasteiger partial charge in [0.25, 0.3) is 0 Å². The van der Waals surface area contributed by atoms with E-state index in [1.807, 2.05) is 24.7 Å². The third-order valence-corrected chi connectivity index (χ3v) is 8.03. The zero-order valence-electron chi connectivity index (χ0n) is 18.8. The number of imidazole rings is 1. The van der Waals surface area contributed by atoms with Crippen molar-refractivity contribution >= 4 is 38.5 Å². The van der Waals surface area contributed by atoms with Gasteiger partial charge in [-0.05, 0) is 75.5 Å². The fraction of sp³-hybridized carbons (Fsp3) is 0.0645. The molecule has 0 amide bonds. The Kier molecular flexibility index (Phi) is 3.11. The van der Waals surface area contributed by atoms with E-state index in [1.54, 1.807) is 0 Å². The molecule has 0 saturated carbocycles. The van der Waals surface area contributed by atoms with Crippen molar-refractivity contribution in [1.29, 1.82) is 0 Å². The molecule has 0 radical (unpaired) electrons. The maximum atomic E-state index is 5.11. The maximum Gasteiger partial charge on any atom is 0.146 e. The van der Waals surface area contributed by atoms with Gasteiger partial charge in [0.05, 0.1) is 22.7 Å². The Morgan fingerprint density at radius 2 is 1.49 bits per heavy atom. The summed E-state index contributed by atoms with van der Waals surface area (Å²) in [7, 11) is 0. The highest BCUT2D eigenvalue weighted by Gasteiger charge is 2.30. The highest BCUT2D eigenvalue weighted by Crippen LogP contribution is 2.49. The van der Waals surface area contributed by atoms with Gasteiger partial charge in [0.1, 0.15) is 11.2 Å². The van der Waals surface area contributed by atoms with E-state index in [1.165, 1.54) is 55.3 Å². The summed E-state index contributed by atoms with van der Waals surface area (Å²) < 4.78 is 2.27. The van der Waals surface area contributed by atoms with Gasteiger partial charge in [-0.25, -0.2) is 4.98 Å². The minimum Gasteiger partial charge on any atom is -0.290 e.